The van der Waals surface area contributed by atoms with Crippen LogP contribution in [0.2, 0.25) is 0 Å². The summed E-state index contributed by atoms with van der Waals surface area (Å²) >= 11 is 1.70. The molecule has 2 N–H and O–H groups in total. The van der Waals surface area contributed by atoms with Crippen LogP contribution in [0.1, 0.15) is 23.4 Å². The lowest BCUT2D eigenvalue weighted by Gasteiger charge is -2.11. The number of anilines is 1. The molecule has 25 heavy (non-hydrogen) atoms. The number of carbonyl (C=O) groups is 2. The lowest BCUT2D eigenvalue weighted by Crippen LogP contribution is -2.37. The Hall–Kier alpha value is -2.73. The summed E-state index contributed by atoms with van der Waals surface area (Å²) in [5.41, 5.74) is 2.91. The summed E-state index contributed by atoms with van der Waals surface area (Å²) in [6.45, 7) is 0. The van der Waals surface area contributed by atoms with E-state index in [0.29, 0.717) is 12.8 Å². The second-order valence-corrected chi connectivity index (χ2v) is 7.21. The molecule has 1 fully saturated rings. The zero-order chi connectivity index (χ0) is 17.2. The lowest BCUT2D eigenvalue weighted by molar-refractivity contribution is -0.122. The number of amides is 2. The number of nitrogens with zero attached hydrogens (tertiary/aromatic N) is 1. The molecule has 126 valence electrons. The van der Waals surface area contributed by atoms with E-state index in [2.05, 4.69) is 21.7 Å². The highest BCUT2D eigenvalue weighted by molar-refractivity contribution is 7.18. The van der Waals surface area contributed by atoms with Gasteiger partial charge in [-0.05, 0) is 36.2 Å². The van der Waals surface area contributed by atoms with Crippen molar-refractivity contribution in [3.8, 4) is 0 Å². The Morgan fingerprint density at radius 2 is 2.00 bits per heavy atom. The van der Waals surface area contributed by atoms with E-state index in [4.69, 9.17) is 0 Å². The van der Waals surface area contributed by atoms with Gasteiger partial charge in [0.1, 0.15) is 6.04 Å². The Morgan fingerprint density at radius 3 is 2.72 bits per heavy atom. The van der Waals surface area contributed by atoms with Crippen molar-refractivity contribution < 1.29 is 9.59 Å². The number of benzene rings is 2. The number of hydrogen-bond acceptors (Lipinski definition) is 4. The first-order valence-corrected chi connectivity index (χ1v) is 9.03. The maximum absolute atomic E-state index is 12.1. The quantitative estimate of drug-likeness (QED) is 0.759. The van der Waals surface area contributed by atoms with Gasteiger partial charge >= 0.3 is 0 Å². The Kier molecular flexibility index (Phi) is 4.19. The van der Waals surface area contributed by atoms with E-state index in [1.54, 1.807) is 11.3 Å². The fourth-order valence-electron chi connectivity index (χ4n) is 2.92. The molecule has 4 rings (SSSR count). The number of carbonyl (C=O) groups excluding carboxylic acids is 2. The van der Waals surface area contributed by atoms with Crippen LogP contribution >= 0.6 is 11.3 Å². The van der Waals surface area contributed by atoms with Crippen LogP contribution in [-0.4, -0.2) is 22.8 Å². The first kappa shape index (κ1) is 15.8. The first-order chi connectivity index (χ1) is 12.2. The molecule has 2 amide bonds. The van der Waals surface area contributed by atoms with E-state index in [0.717, 1.165) is 28.2 Å². The molecule has 1 aliphatic heterocycles. The molecular weight excluding hydrogens is 334 g/mol. The van der Waals surface area contributed by atoms with Crippen LogP contribution in [0, 0.1) is 0 Å². The van der Waals surface area contributed by atoms with Crippen LogP contribution in [0.5, 0.6) is 0 Å². The van der Waals surface area contributed by atoms with Crippen molar-refractivity contribution in [1.82, 2.24) is 10.3 Å². The van der Waals surface area contributed by atoms with Crippen molar-refractivity contribution in [2.24, 2.45) is 0 Å². The highest BCUT2D eigenvalue weighted by Crippen LogP contribution is 2.24. The van der Waals surface area contributed by atoms with Crippen LogP contribution in [0.4, 0.5) is 5.69 Å². The third kappa shape index (κ3) is 3.53. The molecular formula is C19H17N3O2S. The normalized spacial score (nSPS) is 16.8. The largest absolute Gasteiger partial charge is 0.344 e. The molecule has 3 aromatic rings. The van der Waals surface area contributed by atoms with Crippen molar-refractivity contribution in [2.75, 3.05) is 5.32 Å². The molecule has 1 atom stereocenters. The van der Waals surface area contributed by atoms with Crippen LogP contribution < -0.4 is 10.6 Å². The highest BCUT2D eigenvalue weighted by atomic mass is 32.1. The van der Waals surface area contributed by atoms with Crippen molar-refractivity contribution >= 4 is 39.1 Å². The summed E-state index contributed by atoms with van der Waals surface area (Å²) in [7, 11) is 0. The molecule has 0 bridgehead atoms. The van der Waals surface area contributed by atoms with E-state index in [1.165, 1.54) is 4.70 Å². The monoisotopic (exact) mass is 351 g/mol. The second kappa shape index (κ2) is 6.64. The molecule has 2 heterocycles. The predicted octanol–water partition coefficient (Wildman–Crippen LogP) is 3.10. The Balaban J connectivity index is 1.41. The van der Waals surface area contributed by atoms with Gasteiger partial charge < -0.3 is 10.6 Å². The van der Waals surface area contributed by atoms with Crippen molar-refractivity contribution in [3.05, 3.63) is 59.1 Å². The molecule has 1 aliphatic rings. The molecule has 6 heteroatoms. The molecule has 0 spiro atoms. The van der Waals surface area contributed by atoms with Gasteiger partial charge in [0.25, 0.3) is 0 Å². The molecule has 1 unspecified atom stereocenters. The average molecular weight is 351 g/mol. The van der Waals surface area contributed by atoms with Gasteiger partial charge in [-0.2, -0.15) is 0 Å². The van der Waals surface area contributed by atoms with Crippen molar-refractivity contribution in [3.63, 3.8) is 0 Å². The molecule has 5 nitrogen and oxygen atoms in total. The van der Waals surface area contributed by atoms with E-state index in [1.807, 2.05) is 42.5 Å². The third-order valence-electron chi connectivity index (χ3n) is 4.23. The van der Waals surface area contributed by atoms with Gasteiger partial charge in [0.15, 0.2) is 0 Å². The number of nitrogens with one attached hydrogen (secondary N) is 2. The number of fused-ring (bicyclic) bond motifs is 1. The summed E-state index contributed by atoms with van der Waals surface area (Å²) < 4.78 is 1.19. The Bertz CT molecular complexity index is 900. The van der Waals surface area contributed by atoms with Gasteiger partial charge in [0.2, 0.25) is 11.8 Å². The Morgan fingerprint density at radius 1 is 1.20 bits per heavy atom. The minimum Gasteiger partial charge on any atom is -0.344 e. The molecule has 2 aromatic carbocycles. The molecule has 1 saturated heterocycles. The van der Waals surface area contributed by atoms with Crippen LogP contribution in [0.15, 0.2) is 48.5 Å². The van der Waals surface area contributed by atoms with Gasteiger partial charge in [0, 0.05) is 18.5 Å². The number of rotatable bonds is 4. The fourth-order valence-corrected chi connectivity index (χ4v) is 3.92. The Labute approximate surface area is 149 Å². The third-order valence-corrected chi connectivity index (χ3v) is 5.26. The number of para-hydroxylation sites is 1. The van der Waals surface area contributed by atoms with Gasteiger partial charge in [-0.3, -0.25) is 9.59 Å². The molecule has 1 aromatic heterocycles. The van der Waals surface area contributed by atoms with E-state index in [-0.39, 0.29) is 11.8 Å². The summed E-state index contributed by atoms with van der Waals surface area (Å²) in [6, 6.07) is 15.5. The smallest absolute Gasteiger partial charge is 0.246 e. The van der Waals surface area contributed by atoms with Crippen LogP contribution in [0.3, 0.4) is 0 Å². The zero-order valence-corrected chi connectivity index (χ0v) is 14.3. The van der Waals surface area contributed by atoms with E-state index in [9.17, 15) is 9.59 Å². The first-order valence-electron chi connectivity index (χ1n) is 8.21. The number of thiazole rings is 1. The SMILES string of the molecule is O=C1CCC(C(=O)Nc2ccc(Cc3nc4ccccc4s3)cc2)N1. The number of aromatic nitrogens is 1. The predicted molar refractivity (Wildman–Crippen MR) is 98.7 cm³/mol. The average Bonchev–Trinajstić information content (AvgIpc) is 3.22. The second-order valence-electron chi connectivity index (χ2n) is 6.10. The molecule has 0 saturated carbocycles. The highest BCUT2D eigenvalue weighted by Gasteiger charge is 2.27. The topological polar surface area (TPSA) is 71.1 Å². The molecule has 0 radical (unpaired) electrons. The molecule has 0 aliphatic carbocycles. The lowest BCUT2D eigenvalue weighted by atomic mass is 10.1. The summed E-state index contributed by atoms with van der Waals surface area (Å²) in [5, 5.41) is 6.60. The van der Waals surface area contributed by atoms with E-state index < -0.39 is 6.04 Å². The van der Waals surface area contributed by atoms with Crippen LogP contribution in [-0.2, 0) is 16.0 Å². The standard InChI is InChI=1S/C19H17N3O2S/c23-17-10-9-15(21-17)19(24)20-13-7-5-12(6-8-13)11-18-22-14-3-1-2-4-16(14)25-18/h1-8,15H,9-11H2,(H,20,24)(H,21,23). The zero-order valence-electron chi connectivity index (χ0n) is 13.5. The van der Waals surface area contributed by atoms with Crippen molar-refractivity contribution in [1.29, 1.82) is 0 Å². The van der Waals surface area contributed by atoms with Crippen molar-refractivity contribution in [2.45, 2.75) is 25.3 Å². The summed E-state index contributed by atoms with van der Waals surface area (Å²) in [4.78, 5) is 27.9. The van der Waals surface area contributed by atoms with Gasteiger partial charge in [-0.15, -0.1) is 11.3 Å². The summed E-state index contributed by atoms with van der Waals surface area (Å²) in [5.74, 6) is -0.226. The van der Waals surface area contributed by atoms with E-state index >= 15 is 0 Å². The fraction of sp³-hybridized carbons (Fsp3) is 0.211. The minimum absolute atomic E-state index is 0.0636. The van der Waals surface area contributed by atoms with Crippen LogP contribution in [0.25, 0.3) is 10.2 Å². The number of hydrogen-bond donors (Lipinski definition) is 2. The maximum Gasteiger partial charge on any atom is 0.246 e. The van der Waals surface area contributed by atoms with Gasteiger partial charge in [-0.25, -0.2) is 4.98 Å². The summed E-state index contributed by atoms with van der Waals surface area (Å²) in [6.07, 6.45) is 1.74. The maximum atomic E-state index is 12.1. The minimum atomic E-state index is -0.421. The van der Waals surface area contributed by atoms with Gasteiger partial charge in [0.05, 0.1) is 15.2 Å². The van der Waals surface area contributed by atoms with Gasteiger partial charge in [-0.1, -0.05) is 24.3 Å².